The van der Waals surface area contributed by atoms with Gasteiger partial charge in [0.2, 0.25) is 0 Å². The van der Waals surface area contributed by atoms with Crippen LogP contribution in [-0.4, -0.2) is 11.1 Å². The fourth-order valence-electron chi connectivity index (χ4n) is 1.50. The van der Waals surface area contributed by atoms with E-state index in [0.717, 1.165) is 16.6 Å². The molecule has 0 aliphatic heterocycles. The number of anilines is 1. The van der Waals surface area contributed by atoms with Crippen LogP contribution in [0.1, 0.15) is 10.4 Å². The van der Waals surface area contributed by atoms with Gasteiger partial charge in [0.1, 0.15) is 11.6 Å². The van der Waals surface area contributed by atoms with Crippen LogP contribution in [0, 0.1) is 5.82 Å². The van der Waals surface area contributed by atoms with Crippen LogP contribution in [0.5, 0.6) is 11.5 Å². The van der Waals surface area contributed by atoms with Crippen molar-refractivity contribution < 1.29 is 19.0 Å². The highest BCUT2D eigenvalue weighted by Crippen LogP contribution is 2.35. The number of ether oxygens (including phenoxy) is 1. The van der Waals surface area contributed by atoms with Crippen molar-refractivity contribution in [2.75, 3.05) is 5.73 Å². The van der Waals surface area contributed by atoms with Crippen LogP contribution in [0.2, 0.25) is 5.02 Å². The number of benzene rings is 2. The SMILES string of the molecule is Nc1cc(C(=O)O)c(F)cc1Oc1cc(Br)ccc1Cl. The van der Waals surface area contributed by atoms with Crippen LogP contribution in [0.15, 0.2) is 34.8 Å². The maximum Gasteiger partial charge on any atom is 0.338 e. The van der Waals surface area contributed by atoms with Crippen LogP contribution in [0.4, 0.5) is 10.1 Å². The van der Waals surface area contributed by atoms with Gasteiger partial charge in [0, 0.05) is 10.5 Å². The van der Waals surface area contributed by atoms with Gasteiger partial charge >= 0.3 is 5.97 Å². The summed E-state index contributed by atoms with van der Waals surface area (Å²) >= 11 is 9.20. The first-order chi connectivity index (χ1) is 9.38. The lowest BCUT2D eigenvalue weighted by molar-refractivity contribution is 0.0692. The number of carboxylic acid groups (broad SMARTS) is 1. The highest BCUT2D eigenvalue weighted by Gasteiger charge is 2.15. The van der Waals surface area contributed by atoms with Gasteiger partial charge in [0.25, 0.3) is 0 Å². The van der Waals surface area contributed by atoms with Gasteiger partial charge in [0.15, 0.2) is 5.75 Å². The summed E-state index contributed by atoms with van der Waals surface area (Å²) in [6, 6.07) is 6.81. The Bertz CT molecular complexity index is 694. The van der Waals surface area contributed by atoms with E-state index in [2.05, 4.69) is 15.9 Å². The molecule has 4 nitrogen and oxygen atoms in total. The van der Waals surface area contributed by atoms with Crippen molar-refractivity contribution in [1.82, 2.24) is 0 Å². The Labute approximate surface area is 127 Å². The second-order valence-electron chi connectivity index (χ2n) is 3.85. The summed E-state index contributed by atoms with van der Waals surface area (Å²) < 4.78 is 19.7. The molecule has 0 radical (unpaired) electrons. The molecule has 0 unspecified atom stereocenters. The standard InChI is InChI=1S/C13H8BrClFNO3/c14-6-1-2-8(15)11(3-6)20-12-5-9(16)7(13(18)19)4-10(12)17/h1-5H,17H2,(H,18,19). The monoisotopic (exact) mass is 359 g/mol. The number of nitrogens with two attached hydrogens (primary N) is 1. The number of rotatable bonds is 3. The first-order valence-corrected chi connectivity index (χ1v) is 6.51. The first kappa shape index (κ1) is 14.6. The predicted molar refractivity (Wildman–Crippen MR) is 77.0 cm³/mol. The van der Waals surface area contributed by atoms with Gasteiger partial charge in [0.05, 0.1) is 16.3 Å². The predicted octanol–water partition coefficient (Wildman–Crippen LogP) is 4.31. The molecule has 0 saturated heterocycles. The molecular weight excluding hydrogens is 353 g/mol. The number of carboxylic acids is 1. The van der Waals surface area contributed by atoms with Crippen molar-refractivity contribution in [2.24, 2.45) is 0 Å². The molecule has 0 amide bonds. The van der Waals surface area contributed by atoms with Crippen molar-refractivity contribution in [3.8, 4) is 11.5 Å². The van der Waals surface area contributed by atoms with Gasteiger partial charge in [-0.1, -0.05) is 27.5 Å². The molecule has 0 fully saturated rings. The summed E-state index contributed by atoms with van der Waals surface area (Å²) in [5.74, 6) is -2.07. The summed E-state index contributed by atoms with van der Waals surface area (Å²) in [5, 5.41) is 9.10. The Hall–Kier alpha value is -1.79. The van der Waals surface area contributed by atoms with E-state index in [0.29, 0.717) is 5.02 Å². The number of hydrogen-bond donors (Lipinski definition) is 2. The summed E-state index contributed by atoms with van der Waals surface area (Å²) in [7, 11) is 0. The van der Waals surface area contributed by atoms with E-state index >= 15 is 0 Å². The smallest absolute Gasteiger partial charge is 0.338 e. The zero-order chi connectivity index (χ0) is 14.9. The fraction of sp³-hybridized carbons (Fsp3) is 0. The third kappa shape index (κ3) is 3.02. The Kier molecular flexibility index (Phi) is 4.15. The third-order valence-corrected chi connectivity index (χ3v) is 3.25. The lowest BCUT2D eigenvalue weighted by Gasteiger charge is -2.11. The highest BCUT2D eigenvalue weighted by atomic mass is 79.9. The Morgan fingerprint density at radius 1 is 1.30 bits per heavy atom. The highest BCUT2D eigenvalue weighted by molar-refractivity contribution is 9.10. The summed E-state index contributed by atoms with van der Waals surface area (Å²) in [6.45, 7) is 0. The fourth-order valence-corrected chi connectivity index (χ4v) is 1.99. The van der Waals surface area contributed by atoms with Crippen LogP contribution < -0.4 is 10.5 Å². The number of aromatic carboxylic acids is 1. The molecule has 2 aromatic carbocycles. The second kappa shape index (κ2) is 5.68. The van der Waals surface area contributed by atoms with Crippen LogP contribution in [-0.2, 0) is 0 Å². The van der Waals surface area contributed by atoms with Crippen molar-refractivity contribution in [1.29, 1.82) is 0 Å². The zero-order valence-electron chi connectivity index (χ0n) is 9.86. The minimum absolute atomic E-state index is 0.000146. The normalized spacial score (nSPS) is 10.3. The lowest BCUT2D eigenvalue weighted by atomic mass is 10.1. The summed E-state index contributed by atoms with van der Waals surface area (Å²) in [5.41, 5.74) is 5.14. The van der Waals surface area contributed by atoms with E-state index in [9.17, 15) is 9.18 Å². The minimum Gasteiger partial charge on any atom is -0.478 e. The molecule has 0 bridgehead atoms. The number of nitrogen functional groups attached to an aromatic ring is 1. The third-order valence-electron chi connectivity index (χ3n) is 2.44. The van der Waals surface area contributed by atoms with E-state index in [1.54, 1.807) is 18.2 Å². The van der Waals surface area contributed by atoms with E-state index in [4.69, 9.17) is 27.2 Å². The minimum atomic E-state index is -1.40. The van der Waals surface area contributed by atoms with Gasteiger partial charge < -0.3 is 15.6 Å². The van der Waals surface area contributed by atoms with Crippen molar-refractivity contribution >= 4 is 39.2 Å². The van der Waals surface area contributed by atoms with Crippen molar-refractivity contribution in [2.45, 2.75) is 0 Å². The quantitative estimate of drug-likeness (QED) is 0.800. The molecule has 0 saturated carbocycles. The molecular formula is C13H8BrClFNO3. The molecule has 104 valence electrons. The Balaban J connectivity index is 2.42. The second-order valence-corrected chi connectivity index (χ2v) is 5.17. The molecule has 3 N–H and O–H groups in total. The van der Waals surface area contributed by atoms with Crippen molar-refractivity contribution in [3.05, 3.63) is 51.2 Å². The number of carbonyl (C=O) groups is 1. The van der Waals surface area contributed by atoms with Crippen LogP contribution in [0.3, 0.4) is 0 Å². The molecule has 0 aliphatic rings. The molecule has 0 aromatic heterocycles. The average Bonchev–Trinajstić information content (AvgIpc) is 2.37. The molecule has 0 aliphatic carbocycles. The Morgan fingerprint density at radius 3 is 2.65 bits per heavy atom. The maximum atomic E-state index is 13.6. The summed E-state index contributed by atoms with van der Waals surface area (Å²) in [4.78, 5) is 10.8. The maximum absolute atomic E-state index is 13.6. The molecule has 2 aromatic rings. The van der Waals surface area contributed by atoms with Gasteiger partial charge in [-0.2, -0.15) is 0 Å². The van der Waals surface area contributed by atoms with E-state index in [-0.39, 0.29) is 17.2 Å². The van der Waals surface area contributed by atoms with Crippen LogP contribution in [0.25, 0.3) is 0 Å². The molecule has 20 heavy (non-hydrogen) atoms. The van der Waals surface area contributed by atoms with Gasteiger partial charge in [-0.15, -0.1) is 0 Å². The van der Waals surface area contributed by atoms with Gasteiger partial charge in [-0.25, -0.2) is 9.18 Å². The molecule has 0 heterocycles. The average molecular weight is 361 g/mol. The first-order valence-electron chi connectivity index (χ1n) is 5.33. The largest absolute Gasteiger partial charge is 0.478 e. The van der Waals surface area contributed by atoms with Crippen molar-refractivity contribution in [3.63, 3.8) is 0 Å². The van der Waals surface area contributed by atoms with E-state index < -0.39 is 17.3 Å². The van der Waals surface area contributed by atoms with Gasteiger partial charge in [-0.3, -0.25) is 0 Å². The van der Waals surface area contributed by atoms with Gasteiger partial charge in [-0.05, 0) is 24.3 Å². The zero-order valence-corrected chi connectivity index (χ0v) is 12.2. The lowest BCUT2D eigenvalue weighted by Crippen LogP contribution is -2.03. The molecule has 7 heteroatoms. The van der Waals surface area contributed by atoms with E-state index in [1.165, 1.54) is 0 Å². The molecule has 0 atom stereocenters. The summed E-state index contributed by atoms with van der Waals surface area (Å²) in [6.07, 6.45) is 0. The Morgan fingerprint density at radius 2 is 2.00 bits per heavy atom. The molecule has 2 rings (SSSR count). The van der Waals surface area contributed by atoms with E-state index in [1.807, 2.05) is 0 Å². The van der Waals surface area contributed by atoms with Crippen LogP contribution >= 0.6 is 27.5 Å². The molecule has 0 spiro atoms. The number of hydrogen-bond acceptors (Lipinski definition) is 3. The number of halogens is 3. The topological polar surface area (TPSA) is 72.6 Å².